The Morgan fingerprint density at radius 1 is 1.33 bits per heavy atom. The van der Waals surface area contributed by atoms with Crippen LogP contribution in [0.25, 0.3) is 0 Å². The Morgan fingerprint density at radius 2 is 2.13 bits per heavy atom. The topological polar surface area (TPSA) is 80.0 Å². The number of amides is 2. The zero-order chi connectivity index (χ0) is 10.9. The molecule has 2 amide bonds. The van der Waals surface area contributed by atoms with E-state index < -0.39 is 6.03 Å². The Hall–Kier alpha value is -1.78. The van der Waals surface area contributed by atoms with Gasteiger partial charge in [0.25, 0.3) is 0 Å². The zero-order valence-corrected chi connectivity index (χ0v) is 8.57. The van der Waals surface area contributed by atoms with Crippen molar-refractivity contribution in [2.45, 2.75) is 12.8 Å². The molecule has 0 saturated carbocycles. The first kappa shape index (κ1) is 11.3. The highest BCUT2D eigenvalue weighted by Gasteiger charge is 1.93. The zero-order valence-electron chi connectivity index (χ0n) is 8.57. The third-order valence-electron chi connectivity index (χ3n) is 1.87. The average molecular weight is 208 g/mol. The quantitative estimate of drug-likeness (QED) is 0.609. The van der Waals surface area contributed by atoms with Crippen molar-refractivity contribution >= 4 is 11.8 Å². The molecular formula is C10H16N4O. The number of primary amides is 1. The molecule has 0 aliphatic carbocycles. The third-order valence-corrected chi connectivity index (χ3v) is 1.87. The Bertz CT molecular complexity index is 289. The summed E-state index contributed by atoms with van der Waals surface area (Å²) in [7, 11) is 0. The highest BCUT2D eigenvalue weighted by atomic mass is 16.2. The van der Waals surface area contributed by atoms with Crippen LogP contribution in [-0.4, -0.2) is 24.1 Å². The predicted molar refractivity (Wildman–Crippen MR) is 59.5 cm³/mol. The Labute approximate surface area is 89.1 Å². The molecule has 0 aliphatic heterocycles. The van der Waals surface area contributed by atoms with E-state index in [2.05, 4.69) is 15.6 Å². The van der Waals surface area contributed by atoms with Gasteiger partial charge in [-0.1, -0.05) is 6.07 Å². The van der Waals surface area contributed by atoms with Crippen LogP contribution in [0.5, 0.6) is 0 Å². The van der Waals surface area contributed by atoms with Gasteiger partial charge in [0.1, 0.15) is 5.82 Å². The van der Waals surface area contributed by atoms with Crippen LogP contribution in [0.15, 0.2) is 24.4 Å². The van der Waals surface area contributed by atoms with Crippen LogP contribution >= 0.6 is 0 Å². The van der Waals surface area contributed by atoms with Gasteiger partial charge in [-0.2, -0.15) is 0 Å². The van der Waals surface area contributed by atoms with E-state index in [1.807, 2.05) is 18.2 Å². The van der Waals surface area contributed by atoms with E-state index in [1.54, 1.807) is 6.20 Å². The number of nitrogens with two attached hydrogens (primary N) is 1. The van der Waals surface area contributed by atoms with Crippen LogP contribution in [0.4, 0.5) is 10.6 Å². The van der Waals surface area contributed by atoms with Crippen LogP contribution < -0.4 is 16.4 Å². The van der Waals surface area contributed by atoms with Crippen LogP contribution in [0.1, 0.15) is 12.8 Å². The van der Waals surface area contributed by atoms with Gasteiger partial charge in [0.2, 0.25) is 0 Å². The van der Waals surface area contributed by atoms with Crippen molar-refractivity contribution in [2.24, 2.45) is 5.73 Å². The first-order valence-electron chi connectivity index (χ1n) is 4.97. The number of carbonyl (C=O) groups is 1. The van der Waals surface area contributed by atoms with Crippen molar-refractivity contribution in [3.63, 3.8) is 0 Å². The molecule has 0 bridgehead atoms. The molecule has 82 valence electrons. The largest absolute Gasteiger partial charge is 0.370 e. The normalized spacial score (nSPS) is 9.60. The second-order valence-corrected chi connectivity index (χ2v) is 3.14. The first-order valence-corrected chi connectivity index (χ1v) is 4.97. The number of hydrogen-bond donors (Lipinski definition) is 3. The lowest BCUT2D eigenvalue weighted by molar-refractivity contribution is 0.249. The van der Waals surface area contributed by atoms with Crippen molar-refractivity contribution in [3.05, 3.63) is 24.4 Å². The first-order chi connectivity index (χ1) is 7.29. The molecule has 5 heteroatoms. The Morgan fingerprint density at radius 3 is 2.80 bits per heavy atom. The summed E-state index contributed by atoms with van der Waals surface area (Å²) in [5.41, 5.74) is 4.92. The van der Waals surface area contributed by atoms with E-state index in [1.165, 1.54) is 0 Å². The summed E-state index contributed by atoms with van der Waals surface area (Å²) in [4.78, 5) is 14.5. The van der Waals surface area contributed by atoms with Crippen molar-refractivity contribution in [2.75, 3.05) is 18.4 Å². The van der Waals surface area contributed by atoms with Crippen LogP contribution in [0.3, 0.4) is 0 Å². The van der Waals surface area contributed by atoms with E-state index in [0.717, 1.165) is 25.2 Å². The molecule has 5 nitrogen and oxygen atoms in total. The summed E-state index contributed by atoms with van der Waals surface area (Å²) in [5, 5.41) is 5.72. The number of carbonyl (C=O) groups excluding carboxylic acids is 1. The molecule has 1 rings (SSSR count). The number of hydrogen-bond acceptors (Lipinski definition) is 3. The van der Waals surface area contributed by atoms with E-state index in [-0.39, 0.29) is 0 Å². The van der Waals surface area contributed by atoms with Gasteiger partial charge >= 0.3 is 6.03 Å². The van der Waals surface area contributed by atoms with E-state index in [9.17, 15) is 4.79 Å². The van der Waals surface area contributed by atoms with Gasteiger partial charge in [-0.15, -0.1) is 0 Å². The van der Waals surface area contributed by atoms with Gasteiger partial charge in [-0.25, -0.2) is 9.78 Å². The van der Waals surface area contributed by atoms with Gasteiger partial charge in [0.15, 0.2) is 0 Å². The number of nitrogens with zero attached hydrogens (tertiary/aromatic N) is 1. The molecule has 0 fully saturated rings. The smallest absolute Gasteiger partial charge is 0.312 e. The second-order valence-electron chi connectivity index (χ2n) is 3.14. The standard InChI is InChI=1S/C10H16N4O/c11-10(15)14-8-4-3-7-13-9-5-1-2-6-12-9/h1-2,5-6H,3-4,7-8H2,(H,12,13)(H3,11,14,15). The van der Waals surface area contributed by atoms with Crippen LogP contribution in [0.2, 0.25) is 0 Å². The monoisotopic (exact) mass is 208 g/mol. The van der Waals surface area contributed by atoms with Gasteiger partial charge < -0.3 is 16.4 Å². The predicted octanol–water partition coefficient (Wildman–Crippen LogP) is 0.942. The Balaban J connectivity index is 2.00. The lowest BCUT2D eigenvalue weighted by Gasteiger charge is -2.04. The average Bonchev–Trinajstić information content (AvgIpc) is 2.24. The molecule has 0 saturated heterocycles. The number of unbranched alkanes of at least 4 members (excludes halogenated alkanes) is 1. The summed E-state index contributed by atoms with van der Waals surface area (Å²) in [6.45, 7) is 1.47. The lowest BCUT2D eigenvalue weighted by atomic mass is 10.3. The van der Waals surface area contributed by atoms with Crippen molar-refractivity contribution in [1.29, 1.82) is 0 Å². The highest BCUT2D eigenvalue weighted by molar-refractivity contribution is 5.71. The molecule has 15 heavy (non-hydrogen) atoms. The summed E-state index contributed by atoms with van der Waals surface area (Å²) >= 11 is 0. The maximum atomic E-state index is 10.3. The third kappa shape index (κ3) is 5.51. The molecule has 1 aromatic heterocycles. The van der Waals surface area contributed by atoms with Crippen molar-refractivity contribution < 1.29 is 4.79 Å². The van der Waals surface area contributed by atoms with Crippen LogP contribution in [-0.2, 0) is 0 Å². The summed E-state index contributed by atoms with van der Waals surface area (Å²) in [5.74, 6) is 0.875. The molecule has 0 unspecified atom stereocenters. The molecular weight excluding hydrogens is 192 g/mol. The number of urea groups is 1. The second kappa shape index (κ2) is 6.64. The summed E-state index contributed by atoms with van der Waals surface area (Å²) in [6, 6.07) is 5.26. The lowest BCUT2D eigenvalue weighted by Crippen LogP contribution is -2.30. The molecule has 1 heterocycles. The fourth-order valence-electron chi connectivity index (χ4n) is 1.15. The molecule has 0 aliphatic rings. The minimum atomic E-state index is -0.465. The molecule has 4 N–H and O–H groups in total. The number of pyridine rings is 1. The minimum Gasteiger partial charge on any atom is -0.370 e. The van der Waals surface area contributed by atoms with Crippen molar-refractivity contribution in [1.82, 2.24) is 10.3 Å². The molecule has 0 spiro atoms. The molecule has 0 aromatic carbocycles. The van der Waals surface area contributed by atoms with Gasteiger partial charge in [0, 0.05) is 19.3 Å². The van der Waals surface area contributed by atoms with E-state index in [4.69, 9.17) is 5.73 Å². The Kier molecular flexibility index (Phi) is 5.00. The highest BCUT2D eigenvalue weighted by Crippen LogP contribution is 1.99. The molecule has 0 radical (unpaired) electrons. The maximum Gasteiger partial charge on any atom is 0.312 e. The van der Waals surface area contributed by atoms with Gasteiger partial charge in [-0.3, -0.25) is 0 Å². The number of nitrogens with one attached hydrogen (secondary N) is 2. The van der Waals surface area contributed by atoms with Gasteiger partial charge in [-0.05, 0) is 25.0 Å². The fourth-order valence-corrected chi connectivity index (χ4v) is 1.15. The fraction of sp³-hybridized carbons (Fsp3) is 0.400. The minimum absolute atomic E-state index is 0.465. The van der Waals surface area contributed by atoms with Gasteiger partial charge in [0.05, 0.1) is 0 Å². The molecule has 0 atom stereocenters. The number of rotatable bonds is 6. The number of aromatic nitrogens is 1. The maximum absolute atomic E-state index is 10.3. The summed E-state index contributed by atoms with van der Waals surface area (Å²) in [6.07, 6.45) is 3.62. The van der Waals surface area contributed by atoms with Crippen molar-refractivity contribution in [3.8, 4) is 0 Å². The number of anilines is 1. The molecule has 1 aromatic rings. The van der Waals surface area contributed by atoms with Crippen LogP contribution in [0, 0.1) is 0 Å². The summed E-state index contributed by atoms with van der Waals surface area (Å²) < 4.78 is 0. The SMILES string of the molecule is NC(=O)NCCCCNc1ccccn1. The van der Waals surface area contributed by atoms with E-state index in [0.29, 0.717) is 6.54 Å². The van der Waals surface area contributed by atoms with E-state index >= 15 is 0 Å².